The van der Waals surface area contributed by atoms with E-state index in [1.807, 2.05) is 6.07 Å². The molecule has 0 aromatic heterocycles. The molecule has 1 N–H and O–H groups in total. The Labute approximate surface area is 146 Å². The maximum Gasteiger partial charge on any atom is 0.0408 e. The number of benzene rings is 1. The average Bonchev–Trinajstić information content (AvgIpc) is 2.42. The van der Waals surface area contributed by atoms with Gasteiger partial charge in [0.15, 0.2) is 0 Å². The SMILES string of the molecule is CCC(C)[C@@H](c1ccc(Cl)cc1C)N1CCNCC1.Cl.Cl. The smallest absolute Gasteiger partial charge is 0.0408 e. The standard InChI is InChI=1S/C16H25ClN2.2ClH/c1-4-12(2)16(19-9-7-18-8-10-19)15-6-5-14(17)11-13(15)3;;/h5-6,11-12,16,18H,4,7-10H2,1-3H3;2*1H/t12?,16-;;/m0../s1. The largest absolute Gasteiger partial charge is 0.314 e. The first-order valence-corrected chi connectivity index (χ1v) is 7.72. The third-order valence-electron chi connectivity index (χ3n) is 4.28. The number of hydrogen-bond donors (Lipinski definition) is 1. The van der Waals surface area contributed by atoms with Crippen LogP contribution in [-0.4, -0.2) is 31.1 Å². The summed E-state index contributed by atoms with van der Waals surface area (Å²) in [5, 5.41) is 4.28. The first kappa shape index (κ1) is 21.0. The Bertz CT molecular complexity index is 420. The van der Waals surface area contributed by atoms with E-state index in [-0.39, 0.29) is 24.8 Å². The Morgan fingerprint density at radius 2 is 1.86 bits per heavy atom. The number of rotatable bonds is 4. The summed E-state index contributed by atoms with van der Waals surface area (Å²) in [5.41, 5.74) is 2.76. The first-order chi connectivity index (χ1) is 9.13. The molecule has 1 fully saturated rings. The molecule has 1 unspecified atom stereocenters. The summed E-state index contributed by atoms with van der Waals surface area (Å²) >= 11 is 6.10. The fraction of sp³-hybridized carbons (Fsp3) is 0.625. The molecule has 1 aromatic rings. The molecule has 1 saturated heterocycles. The minimum atomic E-state index is 0. The van der Waals surface area contributed by atoms with Crippen LogP contribution < -0.4 is 5.32 Å². The van der Waals surface area contributed by atoms with Crippen molar-refractivity contribution in [2.75, 3.05) is 26.2 Å². The summed E-state index contributed by atoms with van der Waals surface area (Å²) in [5.74, 6) is 0.665. The van der Waals surface area contributed by atoms with Gasteiger partial charge < -0.3 is 5.32 Å². The van der Waals surface area contributed by atoms with Gasteiger partial charge in [-0.3, -0.25) is 4.90 Å². The lowest BCUT2D eigenvalue weighted by Crippen LogP contribution is -2.46. The fourth-order valence-electron chi connectivity index (χ4n) is 3.02. The summed E-state index contributed by atoms with van der Waals surface area (Å²) in [6.45, 7) is 11.3. The molecule has 2 rings (SSSR count). The molecule has 0 aliphatic carbocycles. The van der Waals surface area contributed by atoms with Crippen molar-refractivity contribution in [1.29, 1.82) is 0 Å². The molecule has 2 nitrogen and oxygen atoms in total. The maximum atomic E-state index is 6.10. The number of piperazine rings is 1. The zero-order valence-corrected chi connectivity index (χ0v) is 15.5. The van der Waals surface area contributed by atoms with E-state index in [0.29, 0.717) is 12.0 Å². The van der Waals surface area contributed by atoms with Crippen molar-refractivity contribution < 1.29 is 0 Å². The van der Waals surface area contributed by atoms with Crippen molar-refractivity contribution >= 4 is 36.4 Å². The normalized spacial score (nSPS) is 18.3. The molecule has 0 saturated carbocycles. The van der Waals surface area contributed by atoms with Crippen LogP contribution in [0, 0.1) is 12.8 Å². The van der Waals surface area contributed by atoms with Gasteiger partial charge in [0.05, 0.1) is 0 Å². The second-order valence-corrected chi connectivity index (χ2v) is 6.05. The highest BCUT2D eigenvalue weighted by atomic mass is 35.5. The summed E-state index contributed by atoms with van der Waals surface area (Å²) in [4.78, 5) is 2.63. The molecular formula is C16H27Cl3N2. The predicted octanol–water partition coefficient (Wildman–Crippen LogP) is 4.48. The van der Waals surface area contributed by atoms with Gasteiger partial charge in [0, 0.05) is 37.2 Å². The van der Waals surface area contributed by atoms with Crippen LogP contribution in [0.1, 0.15) is 37.4 Å². The summed E-state index contributed by atoms with van der Waals surface area (Å²) in [6.07, 6.45) is 1.21. The molecule has 0 radical (unpaired) electrons. The van der Waals surface area contributed by atoms with E-state index in [4.69, 9.17) is 11.6 Å². The molecule has 21 heavy (non-hydrogen) atoms. The van der Waals surface area contributed by atoms with Gasteiger partial charge >= 0.3 is 0 Å². The van der Waals surface area contributed by atoms with Crippen LogP contribution in [0.3, 0.4) is 0 Å². The van der Waals surface area contributed by atoms with Gasteiger partial charge in [-0.15, -0.1) is 24.8 Å². The average molecular weight is 354 g/mol. The van der Waals surface area contributed by atoms with Crippen molar-refractivity contribution in [3.05, 3.63) is 34.3 Å². The van der Waals surface area contributed by atoms with Crippen molar-refractivity contribution in [3.8, 4) is 0 Å². The van der Waals surface area contributed by atoms with E-state index in [9.17, 15) is 0 Å². The number of nitrogens with zero attached hydrogens (tertiary/aromatic N) is 1. The van der Waals surface area contributed by atoms with E-state index in [2.05, 4.69) is 43.1 Å². The van der Waals surface area contributed by atoms with Crippen LogP contribution in [0.5, 0.6) is 0 Å². The number of hydrogen-bond acceptors (Lipinski definition) is 2. The Hall–Kier alpha value is 0.01000. The molecule has 1 aliphatic rings. The number of halogens is 3. The monoisotopic (exact) mass is 352 g/mol. The Morgan fingerprint density at radius 3 is 2.38 bits per heavy atom. The Morgan fingerprint density at radius 1 is 1.24 bits per heavy atom. The van der Waals surface area contributed by atoms with Crippen LogP contribution >= 0.6 is 36.4 Å². The summed E-state index contributed by atoms with van der Waals surface area (Å²) in [6, 6.07) is 6.86. The molecule has 0 spiro atoms. The highest BCUT2D eigenvalue weighted by Crippen LogP contribution is 2.33. The van der Waals surface area contributed by atoms with Crippen LogP contribution in [-0.2, 0) is 0 Å². The van der Waals surface area contributed by atoms with Crippen LogP contribution in [0.15, 0.2) is 18.2 Å². The highest BCUT2D eigenvalue weighted by Gasteiger charge is 2.27. The molecule has 1 aromatic carbocycles. The highest BCUT2D eigenvalue weighted by molar-refractivity contribution is 6.30. The first-order valence-electron chi connectivity index (χ1n) is 7.34. The van der Waals surface area contributed by atoms with E-state index in [1.54, 1.807) is 0 Å². The van der Waals surface area contributed by atoms with Gasteiger partial charge in [-0.05, 0) is 36.1 Å². The molecule has 5 heteroatoms. The number of nitrogens with one attached hydrogen (secondary N) is 1. The van der Waals surface area contributed by atoms with Crippen LogP contribution in [0.2, 0.25) is 5.02 Å². The third kappa shape index (κ3) is 5.30. The second kappa shape index (κ2) is 9.91. The Balaban J connectivity index is 0.00000200. The molecule has 1 aliphatic heterocycles. The van der Waals surface area contributed by atoms with Crippen molar-refractivity contribution in [1.82, 2.24) is 10.2 Å². The molecule has 2 atom stereocenters. The Kier molecular flexibility index (Phi) is 9.92. The summed E-state index contributed by atoms with van der Waals surface area (Å²) in [7, 11) is 0. The quantitative estimate of drug-likeness (QED) is 0.858. The van der Waals surface area contributed by atoms with E-state index < -0.39 is 0 Å². The lowest BCUT2D eigenvalue weighted by atomic mass is 9.88. The lowest BCUT2D eigenvalue weighted by Gasteiger charge is -2.39. The lowest BCUT2D eigenvalue weighted by molar-refractivity contribution is 0.128. The van der Waals surface area contributed by atoms with Gasteiger partial charge in [0.2, 0.25) is 0 Å². The van der Waals surface area contributed by atoms with Gasteiger partial charge in [-0.2, -0.15) is 0 Å². The zero-order chi connectivity index (χ0) is 13.8. The van der Waals surface area contributed by atoms with E-state index >= 15 is 0 Å². The summed E-state index contributed by atoms with van der Waals surface area (Å²) < 4.78 is 0. The maximum absolute atomic E-state index is 6.10. The van der Waals surface area contributed by atoms with Gasteiger partial charge in [0.1, 0.15) is 0 Å². The molecule has 0 bridgehead atoms. The third-order valence-corrected chi connectivity index (χ3v) is 4.51. The van der Waals surface area contributed by atoms with E-state index in [0.717, 1.165) is 31.2 Å². The second-order valence-electron chi connectivity index (χ2n) is 5.62. The minimum Gasteiger partial charge on any atom is -0.314 e. The van der Waals surface area contributed by atoms with E-state index in [1.165, 1.54) is 17.5 Å². The molecule has 0 amide bonds. The van der Waals surface area contributed by atoms with Crippen molar-refractivity contribution in [2.24, 2.45) is 5.92 Å². The number of aryl methyl sites for hydroxylation is 1. The molecule has 122 valence electrons. The van der Waals surface area contributed by atoms with Crippen LogP contribution in [0.25, 0.3) is 0 Å². The predicted molar refractivity (Wildman–Crippen MR) is 97.3 cm³/mol. The fourth-order valence-corrected chi connectivity index (χ4v) is 3.24. The van der Waals surface area contributed by atoms with Crippen molar-refractivity contribution in [3.63, 3.8) is 0 Å². The zero-order valence-electron chi connectivity index (χ0n) is 13.1. The topological polar surface area (TPSA) is 15.3 Å². The minimum absolute atomic E-state index is 0. The molecular weight excluding hydrogens is 327 g/mol. The van der Waals surface area contributed by atoms with Crippen LogP contribution in [0.4, 0.5) is 0 Å². The van der Waals surface area contributed by atoms with Crippen molar-refractivity contribution in [2.45, 2.75) is 33.2 Å². The van der Waals surface area contributed by atoms with Gasteiger partial charge in [0.25, 0.3) is 0 Å². The van der Waals surface area contributed by atoms with Gasteiger partial charge in [-0.25, -0.2) is 0 Å². The molecule has 1 heterocycles. The van der Waals surface area contributed by atoms with Gasteiger partial charge in [-0.1, -0.05) is 37.9 Å².